The van der Waals surface area contributed by atoms with E-state index in [-0.39, 0.29) is 23.6 Å². The number of β-lactam (4-membered cyclic amide) rings is 1. The number of carbonyl (C=O) groups is 4. The van der Waals surface area contributed by atoms with Crippen molar-refractivity contribution < 1.29 is 28.7 Å². The summed E-state index contributed by atoms with van der Waals surface area (Å²) in [6.07, 6.45) is 0. The molecule has 2 aliphatic heterocycles. The largest absolute Gasteiger partial charge is 0.497 e. The maximum absolute atomic E-state index is 12.9. The lowest BCUT2D eigenvalue weighted by molar-refractivity contribution is -0.152. The van der Waals surface area contributed by atoms with Crippen molar-refractivity contribution in [1.29, 1.82) is 0 Å². The summed E-state index contributed by atoms with van der Waals surface area (Å²) in [7, 11) is 1.54. The molecule has 0 aromatic heterocycles. The SMILES string of the molecule is COc1ccc(COC(=O)C2=C(C(=O)Cl)CS[C@H]3C(NC(=O)c4ccccc4)C(=O)N23)cc1. The molecule has 10 heteroatoms. The Balaban J connectivity index is 1.49. The van der Waals surface area contributed by atoms with E-state index >= 15 is 0 Å². The highest BCUT2D eigenvalue weighted by Gasteiger charge is 2.55. The highest BCUT2D eigenvalue weighted by atomic mass is 35.5. The second kappa shape index (κ2) is 9.68. The third-order valence-electron chi connectivity index (χ3n) is 5.25. The average Bonchev–Trinajstić information content (AvgIpc) is 2.85. The first-order valence-electron chi connectivity index (χ1n) is 9.94. The Morgan fingerprint density at radius 1 is 1.12 bits per heavy atom. The molecule has 2 aliphatic rings. The van der Waals surface area contributed by atoms with Crippen LogP contribution in [-0.2, 0) is 25.7 Å². The maximum Gasteiger partial charge on any atom is 0.355 e. The summed E-state index contributed by atoms with van der Waals surface area (Å²) < 4.78 is 10.5. The Bertz CT molecular complexity index is 1140. The fourth-order valence-electron chi connectivity index (χ4n) is 3.51. The van der Waals surface area contributed by atoms with Gasteiger partial charge in [0.25, 0.3) is 17.1 Å². The molecule has 2 aromatic carbocycles. The van der Waals surface area contributed by atoms with Crippen LogP contribution in [-0.4, -0.2) is 52.2 Å². The number of hydrogen-bond donors (Lipinski definition) is 1. The van der Waals surface area contributed by atoms with Gasteiger partial charge in [-0.3, -0.25) is 19.3 Å². The van der Waals surface area contributed by atoms with Crippen molar-refractivity contribution in [3.05, 3.63) is 77.0 Å². The van der Waals surface area contributed by atoms with Crippen LogP contribution in [0.1, 0.15) is 15.9 Å². The van der Waals surface area contributed by atoms with E-state index < -0.39 is 34.4 Å². The van der Waals surface area contributed by atoms with Gasteiger partial charge in [-0.05, 0) is 41.4 Å². The second-order valence-corrected chi connectivity index (χ2v) is 8.70. The number of rotatable bonds is 7. The van der Waals surface area contributed by atoms with Crippen molar-refractivity contribution in [3.8, 4) is 5.75 Å². The van der Waals surface area contributed by atoms with Crippen LogP contribution in [0.15, 0.2) is 65.9 Å². The van der Waals surface area contributed by atoms with E-state index in [1.54, 1.807) is 61.7 Å². The van der Waals surface area contributed by atoms with Gasteiger partial charge in [-0.1, -0.05) is 30.3 Å². The van der Waals surface area contributed by atoms with Gasteiger partial charge in [-0.15, -0.1) is 11.8 Å². The van der Waals surface area contributed by atoms with Crippen LogP contribution in [0.5, 0.6) is 5.75 Å². The van der Waals surface area contributed by atoms with Crippen LogP contribution in [0.4, 0.5) is 0 Å². The second-order valence-electron chi connectivity index (χ2n) is 7.25. The number of ether oxygens (including phenoxy) is 2. The highest BCUT2D eigenvalue weighted by molar-refractivity contribution is 8.00. The number of carbonyl (C=O) groups excluding carboxylic acids is 4. The fraction of sp³-hybridized carbons (Fsp3) is 0.217. The zero-order chi connectivity index (χ0) is 23.5. The molecule has 8 nitrogen and oxygen atoms in total. The average molecular weight is 487 g/mol. The number of esters is 1. The lowest BCUT2D eigenvalue weighted by Gasteiger charge is -2.49. The van der Waals surface area contributed by atoms with E-state index in [2.05, 4.69) is 5.32 Å². The molecule has 0 saturated carbocycles. The standard InChI is InChI=1S/C23H19ClN2O6S/c1-31-15-9-7-13(8-10-15)11-32-23(30)18-16(19(24)27)12-33-22-17(21(29)26(18)22)25-20(28)14-5-3-2-4-6-14/h2-10,17,22H,11-12H2,1H3,(H,25,28)/t17?,22-/m0/s1. The number of nitrogens with zero attached hydrogens (tertiary/aromatic N) is 1. The van der Waals surface area contributed by atoms with E-state index in [4.69, 9.17) is 21.1 Å². The first kappa shape index (κ1) is 22.9. The van der Waals surface area contributed by atoms with Crippen molar-refractivity contribution >= 4 is 46.4 Å². The molecular weight excluding hydrogens is 468 g/mol. The summed E-state index contributed by atoms with van der Waals surface area (Å²) in [5.74, 6) is -0.975. The Hall–Kier alpha value is -3.30. The Morgan fingerprint density at radius 3 is 2.45 bits per heavy atom. The first-order chi connectivity index (χ1) is 15.9. The van der Waals surface area contributed by atoms with Crippen LogP contribution in [0.25, 0.3) is 0 Å². The molecule has 1 fully saturated rings. The molecule has 2 amide bonds. The van der Waals surface area contributed by atoms with Gasteiger partial charge in [-0.2, -0.15) is 0 Å². The van der Waals surface area contributed by atoms with Gasteiger partial charge in [0.2, 0.25) is 0 Å². The van der Waals surface area contributed by atoms with Crippen LogP contribution in [0.2, 0.25) is 0 Å². The molecule has 2 heterocycles. The minimum absolute atomic E-state index is 0.00108. The van der Waals surface area contributed by atoms with Gasteiger partial charge < -0.3 is 14.8 Å². The molecule has 2 aromatic rings. The van der Waals surface area contributed by atoms with Crippen molar-refractivity contribution in [3.63, 3.8) is 0 Å². The minimum atomic E-state index is -0.834. The first-order valence-corrected chi connectivity index (χ1v) is 11.4. The smallest absolute Gasteiger partial charge is 0.355 e. The molecule has 170 valence electrons. The summed E-state index contributed by atoms with van der Waals surface area (Å²) in [4.78, 5) is 51.4. The molecule has 0 bridgehead atoms. The van der Waals surface area contributed by atoms with Gasteiger partial charge in [0.05, 0.1) is 12.7 Å². The summed E-state index contributed by atoms with van der Waals surface area (Å²) in [5, 5.41) is 1.32. The number of amides is 2. The predicted octanol–water partition coefficient (Wildman–Crippen LogP) is 2.47. The number of thioether (sulfide) groups is 1. The Labute approximate surface area is 198 Å². The number of methoxy groups -OCH3 is 1. The van der Waals surface area contributed by atoms with Gasteiger partial charge in [-0.25, -0.2) is 4.79 Å². The van der Waals surface area contributed by atoms with Gasteiger partial charge in [0, 0.05) is 11.3 Å². The number of halogens is 1. The zero-order valence-corrected chi connectivity index (χ0v) is 19.0. The Kier molecular flexibility index (Phi) is 6.71. The van der Waals surface area contributed by atoms with E-state index in [0.29, 0.717) is 16.9 Å². The topological polar surface area (TPSA) is 102 Å². The number of benzene rings is 2. The molecule has 33 heavy (non-hydrogen) atoms. The van der Waals surface area contributed by atoms with Crippen LogP contribution in [0, 0.1) is 0 Å². The molecule has 1 unspecified atom stereocenters. The van der Waals surface area contributed by atoms with E-state index in [1.165, 1.54) is 16.7 Å². The molecule has 1 N–H and O–H groups in total. The number of hydrogen-bond acceptors (Lipinski definition) is 7. The number of fused-ring (bicyclic) bond motifs is 1. The summed E-state index contributed by atoms with van der Waals surface area (Å²) >= 11 is 6.94. The van der Waals surface area contributed by atoms with E-state index in [1.807, 2.05) is 0 Å². The predicted molar refractivity (Wildman–Crippen MR) is 121 cm³/mol. The van der Waals surface area contributed by atoms with Crippen molar-refractivity contribution in [2.45, 2.75) is 18.0 Å². The fourth-order valence-corrected chi connectivity index (χ4v) is 5.09. The van der Waals surface area contributed by atoms with Crippen molar-refractivity contribution in [1.82, 2.24) is 10.2 Å². The lowest BCUT2D eigenvalue weighted by Crippen LogP contribution is -2.70. The van der Waals surface area contributed by atoms with Crippen LogP contribution >= 0.6 is 23.4 Å². The molecule has 2 atom stereocenters. The van der Waals surface area contributed by atoms with Gasteiger partial charge in [0.1, 0.15) is 29.5 Å². The lowest BCUT2D eigenvalue weighted by atomic mass is 10.0. The summed E-state index contributed by atoms with van der Waals surface area (Å²) in [5.41, 5.74) is 0.935. The zero-order valence-electron chi connectivity index (χ0n) is 17.4. The Morgan fingerprint density at radius 2 is 1.82 bits per heavy atom. The van der Waals surface area contributed by atoms with Crippen molar-refractivity contribution in [2.75, 3.05) is 12.9 Å². The van der Waals surface area contributed by atoms with Gasteiger partial charge in [0.15, 0.2) is 0 Å². The van der Waals surface area contributed by atoms with Gasteiger partial charge >= 0.3 is 5.97 Å². The third-order valence-corrected chi connectivity index (χ3v) is 6.76. The molecule has 0 radical (unpaired) electrons. The third kappa shape index (κ3) is 4.60. The molecule has 0 aliphatic carbocycles. The molecule has 4 rings (SSSR count). The van der Waals surface area contributed by atoms with E-state index in [0.717, 1.165) is 0 Å². The quantitative estimate of drug-likeness (QED) is 0.364. The van der Waals surface area contributed by atoms with Crippen LogP contribution < -0.4 is 10.1 Å². The summed E-state index contributed by atoms with van der Waals surface area (Å²) in [6.45, 7) is -0.0654. The highest BCUT2D eigenvalue weighted by Crippen LogP contribution is 2.41. The van der Waals surface area contributed by atoms with Crippen LogP contribution in [0.3, 0.4) is 0 Å². The molecule has 1 saturated heterocycles. The minimum Gasteiger partial charge on any atom is -0.497 e. The molecule has 0 spiro atoms. The van der Waals surface area contributed by atoms with E-state index in [9.17, 15) is 19.2 Å². The normalized spacial score (nSPS) is 19.3. The number of nitrogens with one attached hydrogen (secondary N) is 1. The summed E-state index contributed by atoms with van der Waals surface area (Å²) in [6, 6.07) is 14.6. The monoisotopic (exact) mass is 486 g/mol. The maximum atomic E-state index is 12.9. The van der Waals surface area contributed by atoms with Crippen molar-refractivity contribution in [2.24, 2.45) is 0 Å². The molecular formula is C23H19ClN2O6S.